The molecule has 0 fully saturated rings. The predicted molar refractivity (Wildman–Crippen MR) is 159 cm³/mol. The van der Waals surface area contributed by atoms with Gasteiger partial charge in [0.15, 0.2) is 0 Å². The molecular weight excluding hydrogens is 540 g/mol. The number of halogens is 1. The number of nitrogens with zero attached hydrogens (tertiary/aromatic N) is 3. The molecule has 2 aromatic rings. The minimum atomic E-state index is -0.251. The van der Waals surface area contributed by atoms with Gasteiger partial charge in [-0.1, -0.05) is 103 Å². The first kappa shape index (κ1) is 37.3. The van der Waals surface area contributed by atoms with Crippen molar-refractivity contribution in [3.05, 3.63) is 37.2 Å². The van der Waals surface area contributed by atoms with Crippen molar-refractivity contribution in [2.45, 2.75) is 122 Å². The van der Waals surface area contributed by atoms with E-state index in [9.17, 15) is 0 Å². The summed E-state index contributed by atoms with van der Waals surface area (Å²) in [5.74, 6) is 0. The average Bonchev–Trinajstić information content (AvgIpc) is 3.50. The van der Waals surface area contributed by atoms with E-state index in [-0.39, 0.29) is 18.5 Å². The van der Waals surface area contributed by atoms with Gasteiger partial charge < -0.3 is 31.4 Å². The maximum absolute atomic E-state index is 5.93. The molecule has 8 nitrogen and oxygen atoms in total. The fourth-order valence-corrected chi connectivity index (χ4v) is 4.64. The normalized spacial score (nSPS) is 11.8. The highest BCUT2D eigenvalue weighted by molar-refractivity contribution is 4.94. The zero-order valence-corrected chi connectivity index (χ0v) is 26.4. The summed E-state index contributed by atoms with van der Waals surface area (Å²) in [4.78, 5) is 11.4. The standard InChI is InChI=1S/C32H56N4O4.ClH/c1-2-3-4-5-6-7-8-9-10-11-12-13-14-15-16-17-24-38-28-31(40-32-34-19-18-20-35-32)29-39-27-26-37-25-23-36-22-21-33-30-36;/h18-22,30-31H,2-17,23-29H2,1H3;1H. The Bertz CT molecular complexity index is 770. The number of unbranched alkanes of at least 4 members (excludes halogenated alkanes) is 15. The van der Waals surface area contributed by atoms with E-state index in [1.807, 2.05) is 23.3 Å². The summed E-state index contributed by atoms with van der Waals surface area (Å²) in [6.45, 7) is 6.41. The van der Waals surface area contributed by atoms with Gasteiger partial charge in [0.25, 0.3) is 0 Å². The first-order valence-electron chi connectivity index (χ1n) is 16.1. The van der Waals surface area contributed by atoms with Crippen LogP contribution in [0.3, 0.4) is 0 Å². The van der Waals surface area contributed by atoms with Gasteiger partial charge in [0, 0.05) is 19.0 Å². The van der Waals surface area contributed by atoms with Crippen LogP contribution in [0.5, 0.6) is 6.01 Å². The van der Waals surface area contributed by atoms with Crippen LogP contribution in [0.25, 0.3) is 0 Å². The van der Waals surface area contributed by atoms with Crippen molar-refractivity contribution in [2.24, 2.45) is 0 Å². The molecule has 9 heteroatoms. The Morgan fingerprint density at radius 1 is 0.683 bits per heavy atom. The molecule has 0 aromatic carbocycles. The number of nitrogens with one attached hydrogen (secondary N) is 1. The minimum absolute atomic E-state index is 0. The van der Waals surface area contributed by atoms with Crippen LogP contribution < -0.4 is 21.7 Å². The Labute approximate surface area is 255 Å². The molecule has 0 aliphatic heterocycles. The highest BCUT2D eigenvalue weighted by atomic mass is 35.5. The molecule has 1 atom stereocenters. The van der Waals surface area contributed by atoms with E-state index >= 15 is 0 Å². The lowest BCUT2D eigenvalue weighted by molar-refractivity contribution is -0.697. The highest BCUT2D eigenvalue weighted by Gasteiger charge is 2.13. The monoisotopic (exact) mass is 596 g/mol. The van der Waals surface area contributed by atoms with Crippen molar-refractivity contribution in [3.8, 4) is 6.01 Å². The lowest BCUT2D eigenvalue weighted by Crippen LogP contribution is -3.00. The summed E-state index contributed by atoms with van der Waals surface area (Å²) in [6, 6.07) is 2.12. The van der Waals surface area contributed by atoms with Crippen LogP contribution in [0.2, 0.25) is 0 Å². The van der Waals surface area contributed by atoms with Gasteiger partial charge >= 0.3 is 6.01 Å². The Morgan fingerprint density at radius 2 is 1.22 bits per heavy atom. The molecule has 0 amide bonds. The number of H-pyrrole nitrogens is 1. The summed E-state index contributed by atoms with van der Waals surface area (Å²) in [7, 11) is 0. The predicted octanol–water partition coefficient (Wildman–Crippen LogP) is 3.86. The van der Waals surface area contributed by atoms with Gasteiger partial charge in [-0.3, -0.25) is 4.98 Å². The summed E-state index contributed by atoms with van der Waals surface area (Å²) in [5, 5.41) is 0. The van der Waals surface area contributed by atoms with Crippen LogP contribution in [-0.2, 0) is 20.8 Å². The number of ether oxygens (including phenoxy) is 4. The Kier molecular flexibility index (Phi) is 25.8. The summed E-state index contributed by atoms with van der Waals surface area (Å²) >= 11 is 0. The third-order valence-corrected chi connectivity index (χ3v) is 7.03. The summed E-state index contributed by atoms with van der Waals surface area (Å²) in [5.41, 5.74) is 0. The van der Waals surface area contributed by atoms with Crippen LogP contribution in [0.15, 0.2) is 37.2 Å². The average molecular weight is 597 g/mol. The molecule has 0 aliphatic rings. The molecule has 2 aromatic heterocycles. The summed E-state index contributed by atoms with van der Waals surface area (Å²) in [6.07, 6.45) is 30.8. The van der Waals surface area contributed by atoms with Gasteiger partial charge in [0.1, 0.15) is 25.0 Å². The van der Waals surface area contributed by atoms with Crippen molar-refractivity contribution in [2.75, 3.05) is 39.6 Å². The van der Waals surface area contributed by atoms with Crippen LogP contribution in [0, 0.1) is 0 Å². The Balaban J connectivity index is 0.00000840. The van der Waals surface area contributed by atoms with E-state index in [1.165, 1.54) is 96.3 Å². The third kappa shape index (κ3) is 22.5. The molecule has 2 rings (SSSR count). The molecular formula is C32H57ClN4O4. The molecule has 0 bridgehead atoms. The largest absolute Gasteiger partial charge is 1.00 e. The second-order valence-corrected chi connectivity index (χ2v) is 10.7. The molecule has 1 unspecified atom stereocenters. The first-order chi connectivity index (χ1) is 19.9. The van der Waals surface area contributed by atoms with E-state index in [0.717, 1.165) is 19.6 Å². The molecule has 0 radical (unpaired) electrons. The molecule has 0 saturated carbocycles. The van der Waals surface area contributed by atoms with Gasteiger partial charge in [0.2, 0.25) is 6.33 Å². The highest BCUT2D eigenvalue weighted by Crippen LogP contribution is 2.14. The number of aromatic amines is 1. The Hall–Kier alpha value is -1.74. The number of aromatic nitrogens is 4. The topological polar surface area (TPSA) is 82.4 Å². The molecule has 236 valence electrons. The molecule has 0 aliphatic carbocycles. The van der Waals surface area contributed by atoms with E-state index < -0.39 is 0 Å². The van der Waals surface area contributed by atoms with Crippen LogP contribution in [0.1, 0.15) is 110 Å². The fourth-order valence-electron chi connectivity index (χ4n) is 4.64. The molecule has 0 saturated heterocycles. The number of hydrogen-bond donors (Lipinski definition) is 1. The smallest absolute Gasteiger partial charge is 0.316 e. The zero-order chi connectivity index (χ0) is 28.2. The number of rotatable bonds is 29. The van der Waals surface area contributed by atoms with Gasteiger partial charge in [0.05, 0.1) is 33.0 Å². The van der Waals surface area contributed by atoms with E-state index in [2.05, 4.69) is 21.9 Å². The SMILES string of the molecule is CCCCCCCCCCCCCCCCCCOCC(COCCOCC[n+]1cc[nH]c1)Oc1ncccn1.[Cl-]. The maximum atomic E-state index is 5.93. The van der Waals surface area contributed by atoms with Gasteiger partial charge in [-0.2, -0.15) is 0 Å². The molecule has 2 heterocycles. The van der Waals surface area contributed by atoms with E-state index in [0.29, 0.717) is 39.0 Å². The molecule has 41 heavy (non-hydrogen) atoms. The van der Waals surface area contributed by atoms with Crippen LogP contribution >= 0.6 is 0 Å². The Morgan fingerprint density at radius 3 is 1.78 bits per heavy atom. The fraction of sp³-hybridized carbons (Fsp3) is 0.781. The van der Waals surface area contributed by atoms with Gasteiger partial charge in [-0.15, -0.1) is 0 Å². The van der Waals surface area contributed by atoms with Gasteiger partial charge in [-0.25, -0.2) is 14.5 Å². The van der Waals surface area contributed by atoms with E-state index in [1.54, 1.807) is 18.5 Å². The van der Waals surface area contributed by atoms with Crippen molar-refractivity contribution in [1.82, 2.24) is 15.0 Å². The maximum Gasteiger partial charge on any atom is 0.316 e. The van der Waals surface area contributed by atoms with Crippen molar-refractivity contribution < 1.29 is 35.9 Å². The van der Waals surface area contributed by atoms with Crippen molar-refractivity contribution in [3.63, 3.8) is 0 Å². The van der Waals surface area contributed by atoms with Crippen LogP contribution in [-0.4, -0.2) is 60.7 Å². The molecule has 0 spiro atoms. The van der Waals surface area contributed by atoms with Crippen molar-refractivity contribution >= 4 is 0 Å². The third-order valence-electron chi connectivity index (χ3n) is 7.03. The number of imidazole rings is 1. The lowest BCUT2D eigenvalue weighted by Gasteiger charge is -2.18. The quantitative estimate of drug-likeness (QED) is 0.113. The lowest BCUT2D eigenvalue weighted by atomic mass is 10.0. The van der Waals surface area contributed by atoms with E-state index in [4.69, 9.17) is 18.9 Å². The molecule has 1 N–H and O–H groups in total. The number of hydrogen-bond acceptors (Lipinski definition) is 6. The summed E-state index contributed by atoms with van der Waals surface area (Å²) < 4.78 is 25.3. The minimum Gasteiger partial charge on any atom is -1.00 e. The zero-order valence-electron chi connectivity index (χ0n) is 25.7. The first-order valence-corrected chi connectivity index (χ1v) is 16.1. The van der Waals surface area contributed by atoms with Crippen molar-refractivity contribution in [1.29, 1.82) is 0 Å². The second-order valence-electron chi connectivity index (χ2n) is 10.7. The van der Waals surface area contributed by atoms with Crippen LogP contribution in [0.4, 0.5) is 0 Å². The second kappa shape index (κ2) is 28.4. The van der Waals surface area contributed by atoms with Gasteiger partial charge in [-0.05, 0) is 12.5 Å².